The molecule has 2 heterocycles. The third-order valence-electron chi connectivity index (χ3n) is 4.73. The van der Waals surface area contributed by atoms with E-state index in [0.717, 1.165) is 18.8 Å². The molecule has 1 aromatic rings. The molecule has 2 saturated heterocycles. The van der Waals surface area contributed by atoms with Gasteiger partial charge in [-0.05, 0) is 30.7 Å². The fraction of sp³-hybridized carbons (Fsp3) is 0.611. The van der Waals surface area contributed by atoms with Crippen LogP contribution in [0.3, 0.4) is 0 Å². The van der Waals surface area contributed by atoms with Crippen molar-refractivity contribution in [3.63, 3.8) is 0 Å². The zero-order valence-corrected chi connectivity index (χ0v) is 14.6. The second-order valence-corrected chi connectivity index (χ2v) is 6.64. The summed E-state index contributed by atoms with van der Waals surface area (Å²) in [5.74, 6) is 1.26. The fourth-order valence-corrected chi connectivity index (χ4v) is 3.28. The monoisotopic (exact) mass is 350 g/mol. The summed E-state index contributed by atoms with van der Waals surface area (Å²) in [5, 5.41) is 10.8. The van der Waals surface area contributed by atoms with Gasteiger partial charge in [-0.2, -0.15) is 0 Å². The minimum Gasteiger partial charge on any atom is -0.497 e. The first-order chi connectivity index (χ1) is 12.1. The Hall–Kier alpha value is -1.83. The highest BCUT2D eigenvalue weighted by Gasteiger charge is 2.39. The lowest BCUT2D eigenvalue weighted by molar-refractivity contribution is -0.133. The Bertz CT molecular complexity index is 573. The zero-order chi connectivity index (χ0) is 17.7. The average Bonchev–Trinajstić information content (AvgIpc) is 3.03. The van der Waals surface area contributed by atoms with Crippen molar-refractivity contribution in [3.05, 3.63) is 24.3 Å². The number of ether oxygens (including phenoxy) is 3. The average molecular weight is 350 g/mol. The van der Waals surface area contributed by atoms with E-state index in [2.05, 4.69) is 4.90 Å². The van der Waals surface area contributed by atoms with Crippen LogP contribution < -0.4 is 9.47 Å². The lowest BCUT2D eigenvalue weighted by atomic mass is 10.0. The van der Waals surface area contributed by atoms with E-state index in [4.69, 9.17) is 14.2 Å². The van der Waals surface area contributed by atoms with Crippen molar-refractivity contribution in [1.82, 2.24) is 9.80 Å². The van der Waals surface area contributed by atoms with Gasteiger partial charge in [-0.1, -0.05) is 0 Å². The van der Waals surface area contributed by atoms with E-state index < -0.39 is 5.60 Å². The van der Waals surface area contributed by atoms with Crippen LogP contribution in [0.15, 0.2) is 24.3 Å². The molecule has 7 heteroatoms. The second-order valence-electron chi connectivity index (χ2n) is 6.64. The maximum absolute atomic E-state index is 12.4. The van der Waals surface area contributed by atoms with Crippen LogP contribution in [0.25, 0.3) is 0 Å². The molecule has 0 radical (unpaired) electrons. The van der Waals surface area contributed by atoms with Crippen LogP contribution >= 0.6 is 0 Å². The Kier molecular flexibility index (Phi) is 5.78. The quantitative estimate of drug-likeness (QED) is 0.799. The summed E-state index contributed by atoms with van der Waals surface area (Å²) in [6.45, 7) is 4.54. The molecule has 138 valence electrons. The molecule has 2 aliphatic heterocycles. The van der Waals surface area contributed by atoms with Gasteiger partial charge in [0, 0.05) is 26.2 Å². The number of nitrogens with zero attached hydrogens (tertiary/aromatic N) is 2. The van der Waals surface area contributed by atoms with E-state index in [-0.39, 0.29) is 12.5 Å². The van der Waals surface area contributed by atoms with Crippen molar-refractivity contribution in [3.8, 4) is 11.5 Å². The van der Waals surface area contributed by atoms with Crippen molar-refractivity contribution in [2.24, 2.45) is 0 Å². The van der Waals surface area contributed by atoms with Gasteiger partial charge in [0.25, 0.3) is 5.91 Å². The molecular formula is C18H26N2O5. The first-order valence-electron chi connectivity index (χ1n) is 8.65. The van der Waals surface area contributed by atoms with Gasteiger partial charge in [0.1, 0.15) is 11.5 Å². The second kappa shape index (κ2) is 8.03. The summed E-state index contributed by atoms with van der Waals surface area (Å²) < 4.78 is 16.0. The smallest absolute Gasteiger partial charge is 0.260 e. The normalized spacial score (nSPS) is 24.3. The van der Waals surface area contributed by atoms with Crippen LogP contribution in [0.4, 0.5) is 0 Å². The van der Waals surface area contributed by atoms with Crippen LogP contribution in [0.1, 0.15) is 6.42 Å². The number of benzene rings is 1. The highest BCUT2D eigenvalue weighted by atomic mass is 16.5. The fourth-order valence-electron chi connectivity index (χ4n) is 3.28. The Morgan fingerprint density at radius 3 is 2.56 bits per heavy atom. The highest BCUT2D eigenvalue weighted by Crippen LogP contribution is 2.23. The van der Waals surface area contributed by atoms with Crippen LogP contribution in [0, 0.1) is 0 Å². The molecule has 0 aromatic heterocycles. The van der Waals surface area contributed by atoms with E-state index >= 15 is 0 Å². The summed E-state index contributed by atoms with van der Waals surface area (Å²) in [6.07, 6.45) is 0.596. The largest absolute Gasteiger partial charge is 0.497 e. The van der Waals surface area contributed by atoms with Gasteiger partial charge in [-0.3, -0.25) is 9.69 Å². The summed E-state index contributed by atoms with van der Waals surface area (Å²) in [5.41, 5.74) is -0.840. The number of hydrogen-bond acceptors (Lipinski definition) is 6. The Balaban J connectivity index is 1.46. The Labute approximate surface area is 148 Å². The molecule has 0 aliphatic carbocycles. The molecule has 2 fully saturated rings. The molecule has 7 nitrogen and oxygen atoms in total. The number of rotatable bonds is 6. The van der Waals surface area contributed by atoms with Crippen LogP contribution in [-0.4, -0.2) is 86.1 Å². The molecule has 0 spiro atoms. The summed E-state index contributed by atoms with van der Waals surface area (Å²) >= 11 is 0. The summed E-state index contributed by atoms with van der Waals surface area (Å²) in [4.78, 5) is 16.2. The molecule has 1 amide bonds. The number of β-amino-alcohol motifs (C(OH)–C–C–N with tert-alkyl or cyclic N) is 1. The lowest BCUT2D eigenvalue weighted by Crippen LogP contribution is -2.49. The standard InChI is InChI=1S/C18H26N2O5/c1-23-15-2-4-16(5-3-15)25-12-17(21)20-7-6-18(22,14-20)13-19-8-10-24-11-9-19/h2-5,22H,6-14H2,1H3. The van der Waals surface area contributed by atoms with Crippen molar-refractivity contribution in [2.45, 2.75) is 12.0 Å². The van der Waals surface area contributed by atoms with Gasteiger partial charge >= 0.3 is 0 Å². The summed E-state index contributed by atoms with van der Waals surface area (Å²) in [6, 6.07) is 7.11. The van der Waals surface area contributed by atoms with Crippen LogP contribution in [0.2, 0.25) is 0 Å². The maximum atomic E-state index is 12.4. The van der Waals surface area contributed by atoms with Gasteiger partial charge in [0.05, 0.1) is 32.5 Å². The van der Waals surface area contributed by atoms with Gasteiger partial charge < -0.3 is 24.2 Å². The van der Waals surface area contributed by atoms with Crippen LogP contribution in [-0.2, 0) is 9.53 Å². The number of morpholine rings is 1. The van der Waals surface area contributed by atoms with Crippen molar-refractivity contribution in [2.75, 3.05) is 59.7 Å². The lowest BCUT2D eigenvalue weighted by Gasteiger charge is -2.33. The SMILES string of the molecule is COc1ccc(OCC(=O)N2CCC(O)(CN3CCOCC3)C2)cc1. The van der Waals surface area contributed by atoms with Gasteiger partial charge in [0.2, 0.25) is 0 Å². The number of methoxy groups -OCH3 is 1. The van der Waals surface area contributed by atoms with Crippen molar-refractivity contribution >= 4 is 5.91 Å². The molecule has 3 rings (SSSR count). The van der Waals surface area contributed by atoms with Crippen molar-refractivity contribution < 1.29 is 24.1 Å². The third-order valence-corrected chi connectivity index (χ3v) is 4.73. The predicted octanol–water partition coefficient (Wildman–Crippen LogP) is 0.370. The zero-order valence-electron chi connectivity index (χ0n) is 14.6. The predicted molar refractivity (Wildman–Crippen MR) is 91.9 cm³/mol. The molecule has 1 aromatic carbocycles. The first-order valence-corrected chi connectivity index (χ1v) is 8.65. The van der Waals surface area contributed by atoms with E-state index in [1.807, 2.05) is 0 Å². The number of likely N-dealkylation sites (tertiary alicyclic amines) is 1. The van der Waals surface area contributed by atoms with E-state index in [1.54, 1.807) is 36.3 Å². The first kappa shape index (κ1) is 18.0. The number of hydrogen-bond donors (Lipinski definition) is 1. The molecule has 1 N–H and O–H groups in total. The molecule has 0 bridgehead atoms. The number of aliphatic hydroxyl groups is 1. The minimum atomic E-state index is -0.840. The molecule has 2 aliphatic rings. The molecule has 1 unspecified atom stereocenters. The Morgan fingerprint density at radius 1 is 1.20 bits per heavy atom. The maximum Gasteiger partial charge on any atom is 0.260 e. The molecule has 0 saturated carbocycles. The number of amides is 1. The minimum absolute atomic E-state index is 0.0278. The Morgan fingerprint density at radius 2 is 1.88 bits per heavy atom. The number of carbonyl (C=O) groups excluding carboxylic acids is 1. The van der Waals surface area contributed by atoms with E-state index in [0.29, 0.717) is 45.0 Å². The third kappa shape index (κ3) is 4.84. The molecule has 1 atom stereocenters. The molecular weight excluding hydrogens is 324 g/mol. The van der Waals surface area contributed by atoms with E-state index in [1.165, 1.54) is 0 Å². The topological polar surface area (TPSA) is 71.5 Å². The number of carbonyl (C=O) groups is 1. The van der Waals surface area contributed by atoms with Gasteiger partial charge in [0.15, 0.2) is 6.61 Å². The highest BCUT2D eigenvalue weighted by molar-refractivity contribution is 5.78. The summed E-state index contributed by atoms with van der Waals surface area (Å²) in [7, 11) is 1.60. The van der Waals surface area contributed by atoms with Gasteiger partial charge in [-0.15, -0.1) is 0 Å². The van der Waals surface area contributed by atoms with E-state index in [9.17, 15) is 9.90 Å². The van der Waals surface area contributed by atoms with Gasteiger partial charge in [-0.25, -0.2) is 0 Å². The van der Waals surface area contributed by atoms with Crippen molar-refractivity contribution in [1.29, 1.82) is 0 Å². The van der Waals surface area contributed by atoms with Crippen LogP contribution in [0.5, 0.6) is 11.5 Å². The molecule has 25 heavy (non-hydrogen) atoms.